The maximum Gasteiger partial charge on any atom is 0.189 e. The zero-order valence-corrected chi connectivity index (χ0v) is 9.66. The average molecular weight is 216 g/mol. The number of rotatable bonds is 2. The van der Waals surface area contributed by atoms with E-state index in [-0.39, 0.29) is 5.43 Å². The predicted octanol–water partition coefficient (Wildman–Crippen LogP) is 1.58. The van der Waals surface area contributed by atoms with Crippen molar-refractivity contribution >= 4 is 10.9 Å². The van der Waals surface area contributed by atoms with Crippen LogP contribution in [-0.4, -0.2) is 11.1 Å². The second-order valence-electron chi connectivity index (χ2n) is 4.14. The van der Waals surface area contributed by atoms with E-state index in [1.54, 1.807) is 6.07 Å². The van der Waals surface area contributed by atoms with Crippen LogP contribution in [-0.2, 0) is 6.54 Å². The molecule has 0 aliphatic heterocycles. The molecule has 0 radical (unpaired) electrons. The number of nitrogens with zero attached hydrogens (tertiary/aromatic N) is 1. The van der Waals surface area contributed by atoms with Gasteiger partial charge in [-0.25, -0.2) is 0 Å². The molecule has 0 unspecified atom stereocenters. The Bertz CT molecular complexity index is 584. The molecule has 0 aliphatic carbocycles. The standard InChI is InChI=1S/C13H16N2O/c1-9-7-10(2)13-11(8-9)12(16)3-5-15(13)6-4-14/h3,5,7-8H,4,6,14H2,1-2H3. The van der Waals surface area contributed by atoms with Crippen molar-refractivity contribution < 1.29 is 0 Å². The number of hydrogen-bond acceptors (Lipinski definition) is 2. The molecule has 0 saturated carbocycles. The summed E-state index contributed by atoms with van der Waals surface area (Å²) < 4.78 is 2.05. The highest BCUT2D eigenvalue weighted by Crippen LogP contribution is 2.17. The van der Waals surface area contributed by atoms with E-state index in [9.17, 15) is 4.79 Å². The monoisotopic (exact) mass is 216 g/mol. The summed E-state index contributed by atoms with van der Waals surface area (Å²) in [5.74, 6) is 0. The molecule has 1 aromatic carbocycles. The summed E-state index contributed by atoms with van der Waals surface area (Å²) >= 11 is 0. The third-order valence-corrected chi connectivity index (χ3v) is 2.77. The summed E-state index contributed by atoms with van der Waals surface area (Å²) in [6.07, 6.45) is 1.82. The summed E-state index contributed by atoms with van der Waals surface area (Å²) in [4.78, 5) is 11.8. The minimum atomic E-state index is 0.0788. The van der Waals surface area contributed by atoms with E-state index in [0.717, 1.165) is 28.6 Å². The largest absolute Gasteiger partial charge is 0.346 e. The van der Waals surface area contributed by atoms with Crippen LogP contribution in [0.3, 0.4) is 0 Å². The highest BCUT2D eigenvalue weighted by molar-refractivity contribution is 5.82. The Kier molecular flexibility index (Phi) is 2.79. The van der Waals surface area contributed by atoms with Gasteiger partial charge in [0.05, 0.1) is 5.52 Å². The molecule has 3 heteroatoms. The fourth-order valence-corrected chi connectivity index (χ4v) is 2.18. The van der Waals surface area contributed by atoms with E-state index < -0.39 is 0 Å². The molecular formula is C13H16N2O. The summed E-state index contributed by atoms with van der Waals surface area (Å²) in [6, 6.07) is 5.64. The van der Waals surface area contributed by atoms with Gasteiger partial charge in [0.25, 0.3) is 0 Å². The van der Waals surface area contributed by atoms with Crippen molar-refractivity contribution in [3.05, 3.63) is 45.7 Å². The summed E-state index contributed by atoms with van der Waals surface area (Å²) in [6.45, 7) is 5.35. The molecule has 1 aromatic heterocycles. The van der Waals surface area contributed by atoms with Crippen LogP contribution in [0.1, 0.15) is 11.1 Å². The molecular weight excluding hydrogens is 200 g/mol. The zero-order chi connectivity index (χ0) is 11.7. The van der Waals surface area contributed by atoms with Gasteiger partial charge in [-0.05, 0) is 31.0 Å². The normalized spacial score (nSPS) is 10.9. The van der Waals surface area contributed by atoms with Gasteiger partial charge in [-0.1, -0.05) is 6.07 Å². The van der Waals surface area contributed by atoms with Gasteiger partial charge in [0.15, 0.2) is 5.43 Å². The van der Waals surface area contributed by atoms with Crippen LogP contribution in [0.15, 0.2) is 29.2 Å². The maximum absolute atomic E-state index is 11.8. The van der Waals surface area contributed by atoms with Crippen LogP contribution >= 0.6 is 0 Å². The molecule has 0 saturated heterocycles. The van der Waals surface area contributed by atoms with E-state index in [1.165, 1.54) is 0 Å². The second kappa shape index (κ2) is 4.10. The highest BCUT2D eigenvalue weighted by Gasteiger charge is 2.05. The molecule has 0 aliphatic rings. The van der Waals surface area contributed by atoms with E-state index in [0.29, 0.717) is 6.54 Å². The number of fused-ring (bicyclic) bond motifs is 1. The van der Waals surface area contributed by atoms with Crippen LogP contribution in [0.2, 0.25) is 0 Å². The Morgan fingerprint density at radius 3 is 2.75 bits per heavy atom. The molecule has 0 amide bonds. The Labute approximate surface area is 94.5 Å². The molecule has 3 nitrogen and oxygen atoms in total. The Morgan fingerprint density at radius 1 is 1.31 bits per heavy atom. The fourth-order valence-electron chi connectivity index (χ4n) is 2.18. The summed E-state index contributed by atoms with van der Waals surface area (Å²) in [7, 11) is 0. The predicted molar refractivity (Wildman–Crippen MR) is 66.7 cm³/mol. The third kappa shape index (κ3) is 1.74. The van der Waals surface area contributed by atoms with Gasteiger partial charge in [0.1, 0.15) is 0 Å². The summed E-state index contributed by atoms with van der Waals surface area (Å²) in [5.41, 5.74) is 8.90. The van der Waals surface area contributed by atoms with Crippen molar-refractivity contribution in [2.24, 2.45) is 5.73 Å². The lowest BCUT2D eigenvalue weighted by Crippen LogP contribution is -2.14. The zero-order valence-electron chi connectivity index (χ0n) is 9.66. The van der Waals surface area contributed by atoms with E-state index in [2.05, 4.69) is 6.07 Å². The molecule has 2 aromatic rings. The lowest BCUT2D eigenvalue weighted by atomic mass is 10.1. The van der Waals surface area contributed by atoms with E-state index in [1.807, 2.05) is 30.7 Å². The highest BCUT2D eigenvalue weighted by atomic mass is 16.1. The lowest BCUT2D eigenvalue weighted by molar-refractivity contribution is 0.727. The van der Waals surface area contributed by atoms with Crippen molar-refractivity contribution in [3.63, 3.8) is 0 Å². The smallest absolute Gasteiger partial charge is 0.189 e. The SMILES string of the molecule is Cc1cc(C)c2c(c1)c(=O)ccn2CCN. The Balaban J connectivity index is 2.87. The Morgan fingerprint density at radius 2 is 2.06 bits per heavy atom. The lowest BCUT2D eigenvalue weighted by Gasteiger charge is -2.12. The number of pyridine rings is 1. The van der Waals surface area contributed by atoms with Crippen molar-refractivity contribution in [3.8, 4) is 0 Å². The first-order valence-electron chi connectivity index (χ1n) is 5.44. The molecule has 0 fully saturated rings. The van der Waals surface area contributed by atoms with Crippen LogP contribution in [0.5, 0.6) is 0 Å². The van der Waals surface area contributed by atoms with Gasteiger partial charge in [0.2, 0.25) is 0 Å². The molecule has 0 bridgehead atoms. The molecule has 2 rings (SSSR count). The number of aryl methyl sites for hydroxylation is 2. The quantitative estimate of drug-likeness (QED) is 0.828. The first-order chi connectivity index (χ1) is 7.63. The molecule has 0 spiro atoms. The second-order valence-corrected chi connectivity index (χ2v) is 4.14. The average Bonchev–Trinajstić information content (AvgIpc) is 2.22. The molecule has 1 heterocycles. The van der Waals surface area contributed by atoms with Crippen LogP contribution < -0.4 is 11.2 Å². The number of benzene rings is 1. The van der Waals surface area contributed by atoms with Gasteiger partial charge >= 0.3 is 0 Å². The van der Waals surface area contributed by atoms with Crippen molar-refractivity contribution in [1.82, 2.24) is 4.57 Å². The van der Waals surface area contributed by atoms with Gasteiger partial charge in [-0.3, -0.25) is 4.79 Å². The van der Waals surface area contributed by atoms with Crippen molar-refractivity contribution in [2.45, 2.75) is 20.4 Å². The van der Waals surface area contributed by atoms with Crippen LogP contribution in [0, 0.1) is 13.8 Å². The minimum Gasteiger partial charge on any atom is -0.346 e. The van der Waals surface area contributed by atoms with Crippen LogP contribution in [0.25, 0.3) is 10.9 Å². The third-order valence-electron chi connectivity index (χ3n) is 2.77. The van der Waals surface area contributed by atoms with E-state index >= 15 is 0 Å². The first kappa shape index (κ1) is 10.9. The van der Waals surface area contributed by atoms with Gasteiger partial charge in [0, 0.05) is 30.7 Å². The number of aromatic nitrogens is 1. The summed E-state index contributed by atoms with van der Waals surface area (Å²) in [5, 5.41) is 0.786. The van der Waals surface area contributed by atoms with Crippen molar-refractivity contribution in [1.29, 1.82) is 0 Å². The molecule has 84 valence electrons. The van der Waals surface area contributed by atoms with Crippen molar-refractivity contribution in [2.75, 3.05) is 6.54 Å². The topological polar surface area (TPSA) is 48.0 Å². The molecule has 16 heavy (non-hydrogen) atoms. The van der Waals surface area contributed by atoms with Gasteiger partial charge < -0.3 is 10.3 Å². The maximum atomic E-state index is 11.8. The minimum absolute atomic E-state index is 0.0788. The molecule has 2 N–H and O–H groups in total. The number of nitrogens with two attached hydrogens (primary N) is 1. The van der Waals surface area contributed by atoms with Crippen LogP contribution in [0.4, 0.5) is 0 Å². The molecule has 0 atom stereocenters. The Hall–Kier alpha value is -1.61. The van der Waals surface area contributed by atoms with Gasteiger partial charge in [-0.15, -0.1) is 0 Å². The number of hydrogen-bond donors (Lipinski definition) is 1. The van der Waals surface area contributed by atoms with E-state index in [4.69, 9.17) is 5.73 Å². The van der Waals surface area contributed by atoms with Gasteiger partial charge in [-0.2, -0.15) is 0 Å². The first-order valence-corrected chi connectivity index (χ1v) is 5.44. The fraction of sp³-hybridized carbons (Fsp3) is 0.308.